The highest BCUT2D eigenvalue weighted by molar-refractivity contribution is 5.83. The molecule has 1 amide bonds. The Kier molecular flexibility index (Phi) is 8.16. The topological polar surface area (TPSA) is 75.6 Å². The predicted molar refractivity (Wildman–Crippen MR) is 89.6 cm³/mol. The number of benzene rings is 1. The Hall–Kier alpha value is -2.04. The summed E-state index contributed by atoms with van der Waals surface area (Å²) in [5, 5.41) is 11.7. The van der Waals surface area contributed by atoms with E-state index in [1.54, 1.807) is 7.11 Å². The maximum atomic E-state index is 11.8. The molecule has 128 valence electrons. The number of carbonyl (C=O) groups is 2. The summed E-state index contributed by atoms with van der Waals surface area (Å²) < 4.78 is 5.11. The number of nitrogens with one attached hydrogen (secondary N) is 1. The molecule has 0 radical (unpaired) electrons. The summed E-state index contributed by atoms with van der Waals surface area (Å²) in [6.45, 7) is 3.88. The van der Waals surface area contributed by atoms with Gasteiger partial charge in [0, 0.05) is 6.42 Å². The number of ether oxygens (including phenoxy) is 1. The van der Waals surface area contributed by atoms with Gasteiger partial charge >= 0.3 is 5.97 Å². The number of carboxylic acid groups (broad SMARTS) is 1. The fourth-order valence-corrected chi connectivity index (χ4v) is 2.37. The van der Waals surface area contributed by atoms with Crippen LogP contribution in [0.2, 0.25) is 0 Å². The average molecular weight is 321 g/mol. The van der Waals surface area contributed by atoms with Gasteiger partial charge in [-0.2, -0.15) is 0 Å². The molecular formula is C18H27NO4. The number of carboxylic acids is 1. The second-order valence-corrected chi connectivity index (χ2v) is 6.14. The largest absolute Gasteiger partial charge is 0.497 e. The number of aryl methyl sites for hydroxylation is 1. The molecule has 1 aromatic carbocycles. The fourth-order valence-electron chi connectivity index (χ4n) is 2.37. The second-order valence-electron chi connectivity index (χ2n) is 6.14. The van der Waals surface area contributed by atoms with Gasteiger partial charge in [0.2, 0.25) is 5.91 Å². The zero-order valence-electron chi connectivity index (χ0n) is 14.2. The summed E-state index contributed by atoms with van der Waals surface area (Å²) in [5.74, 6) is -0.0949. The van der Waals surface area contributed by atoms with Crippen molar-refractivity contribution < 1.29 is 19.4 Å². The van der Waals surface area contributed by atoms with Crippen LogP contribution in [0, 0.1) is 5.92 Å². The first kappa shape index (κ1) is 19.0. The van der Waals surface area contributed by atoms with Gasteiger partial charge in [0.1, 0.15) is 11.8 Å². The Bertz CT molecular complexity index is 496. The maximum absolute atomic E-state index is 11.8. The molecule has 0 aliphatic rings. The third-order valence-corrected chi connectivity index (χ3v) is 3.62. The zero-order chi connectivity index (χ0) is 17.2. The summed E-state index contributed by atoms with van der Waals surface area (Å²) in [7, 11) is 1.64. The van der Waals surface area contributed by atoms with E-state index >= 15 is 0 Å². The monoisotopic (exact) mass is 321 g/mol. The van der Waals surface area contributed by atoms with Crippen LogP contribution in [0.3, 0.4) is 0 Å². The van der Waals surface area contributed by atoms with Gasteiger partial charge in [-0.15, -0.1) is 0 Å². The van der Waals surface area contributed by atoms with Crippen LogP contribution in [0.15, 0.2) is 24.3 Å². The lowest BCUT2D eigenvalue weighted by Crippen LogP contribution is -2.41. The summed E-state index contributed by atoms with van der Waals surface area (Å²) in [6, 6.07) is 7.09. The first-order valence-electron chi connectivity index (χ1n) is 8.07. The third-order valence-electron chi connectivity index (χ3n) is 3.62. The van der Waals surface area contributed by atoms with E-state index in [0.717, 1.165) is 25.0 Å². The summed E-state index contributed by atoms with van der Waals surface area (Å²) in [5.41, 5.74) is 1.20. The lowest BCUT2D eigenvalue weighted by molar-refractivity contribution is -0.142. The minimum atomic E-state index is -0.967. The molecule has 0 heterocycles. The Morgan fingerprint density at radius 1 is 1.17 bits per heavy atom. The van der Waals surface area contributed by atoms with Gasteiger partial charge in [0.15, 0.2) is 0 Å². The molecule has 1 aromatic rings. The Labute approximate surface area is 138 Å². The first-order valence-corrected chi connectivity index (χ1v) is 8.07. The van der Waals surface area contributed by atoms with Crippen molar-refractivity contribution in [3.8, 4) is 5.75 Å². The lowest BCUT2D eigenvalue weighted by Gasteiger charge is -2.16. The molecular weight excluding hydrogens is 294 g/mol. The van der Waals surface area contributed by atoms with Crippen molar-refractivity contribution in [2.75, 3.05) is 7.11 Å². The summed E-state index contributed by atoms with van der Waals surface area (Å²) >= 11 is 0. The van der Waals surface area contributed by atoms with Crippen LogP contribution in [-0.2, 0) is 16.0 Å². The van der Waals surface area contributed by atoms with Crippen LogP contribution in [0.1, 0.15) is 45.1 Å². The van der Waals surface area contributed by atoms with E-state index in [0.29, 0.717) is 12.8 Å². The van der Waals surface area contributed by atoms with Crippen molar-refractivity contribution in [1.29, 1.82) is 0 Å². The molecule has 0 aliphatic carbocycles. The van der Waals surface area contributed by atoms with Crippen molar-refractivity contribution in [1.82, 2.24) is 5.32 Å². The van der Waals surface area contributed by atoms with Crippen LogP contribution >= 0.6 is 0 Å². The van der Waals surface area contributed by atoms with Crippen LogP contribution in [0.5, 0.6) is 5.75 Å². The highest BCUT2D eigenvalue weighted by Crippen LogP contribution is 2.13. The molecule has 0 aliphatic heterocycles. The molecule has 0 bridgehead atoms. The van der Waals surface area contributed by atoms with Gasteiger partial charge < -0.3 is 15.2 Å². The minimum Gasteiger partial charge on any atom is -0.497 e. The zero-order valence-corrected chi connectivity index (χ0v) is 14.2. The normalized spacial score (nSPS) is 12.0. The van der Waals surface area contributed by atoms with Gasteiger partial charge in [-0.1, -0.05) is 26.0 Å². The Morgan fingerprint density at radius 3 is 2.35 bits per heavy atom. The fraction of sp³-hybridized carbons (Fsp3) is 0.556. The highest BCUT2D eigenvalue weighted by atomic mass is 16.5. The van der Waals surface area contributed by atoms with E-state index in [2.05, 4.69) is 5.32 Å². The number of hydrogen-bond acceptors (Lipinski definition) is 3. The lowest BCUT2D eigenvalue weighted by atomic mass is 10.0. The summed E-state index contributed by atoms with van der Waals surface area (Å²) in [6.07, 6.45) is 3.34. The number of hydrogen-bond donors (Lipinski definition) is 2. The van der Waals surface area contributed by atoms with Gasteiger partial charge in [0.25, 0.3) is 0 Å². The maximum Gasteiger partial charge on any atom is 0.326 e. The van der Waals surface area contributed by atoms with E-state index in [1.165, 1.54) is 5.56 Å². The molecule has 2 N–H and O–H groups in total. The smallest absolute Gasteiger partial charge is 0.326 e. The SMILES string of the molecule is COc1ccc(CCCCC(=O)NC(CC(C)C)C(=O)O)cc1. The molecule has 0 spiro atoms. The van der Waals surface area contributed by atoms with Crippen LogP contribution < -0.4 is 10.1 Å². The molecule has 5 nitrogen and oxygen atoms in total. The molecule has 0 fully saturated rings. The molecule has 0 aromatic heterocycles. The van der Waals surface area contributed by atoms with Crippen LogP contribution in [-0.4, -0.2) is 30.1 Å². The van der Waals surface area contributed by atoms with Crippen molar-refractivity contribution >= 4 is 11.9 Å². The number of carbonyl (C=O) groups excluding carboxylic acids is 1. The third kappa shape index (κ3) is 7.68. The molecule has 5 heteroatoms. The Morgan fingerprint density at radius 2 is 1.83 bits per heavy atom. The van der Waals surface area contributed by atoms with Crippen molar-refractivity contribution in [3.63, 3.8) is 0 Å². The van der Waals surface area contributed by atoms with Crippen molar-refractivity contribution in [2.24, 2.45) is 5.92 Å². The van der Waals surface area contributed by atoms with E-state index in [4.69, 9.17) is 9.84 Å². The molecule has 1 unspecified atom stereocenters. The van der Waals surface area contributed by atoms with Crippen molar-refractivity contribution in [2.45, 2.75) is 52.0 Å². The molecule has 0 saturated carbocycles. The number of aliphatic carboxylic acids is 1. The van der Waals surface area contributed by atoms with Crippen LogP contribution in [0.25, 0.3) is 0 Å². The summed E-state index contributed by atoms with van der Waals surface area (Å²) in [4.78, 5) is 23.0. The average Bonchev–Trinajstić information content (AvgIpc) is 2.51. The standard InChI is InChI=1S/C18H27NO4/c1-13(2)12-16(18(21)22)19-17(20)7-5-4-6-14-8-10-15(23-3)11-9-14/h8-11,13,16H,4-7,12H2,1-3H3,(H,19,20)(H,21,22). The number of amides is 1. The van der Waals surface area contributed by atoms with E-state index in [9.17, 15) is 9.59 Å². The van der Waals surface area contributed by atoms with E-state index in [1.807, 2.05) is 38.1 Å². The Balaban J connectivity index is 2.28. The van der Waals surface area contributed by atoms with Gasteiger partial charge in [-0.25, -0.2) is 4.79 Å². The van der Waals surface area contributed by atoms with E-state index in [-0.39, 0.29) is 11.8 Å². The number of rotatable bonds is 10. The van der Waals surface area contributed by atoms with Crippen LogP contribution in [0.4, 0.5) is 0 Å². The van der Waals surface area contributed by atoms with Gasteiger partial charge in [-0.3, -0.25) is 4.79 Å². The quantitative estimate of drug-likeness (QED) is 0.650. The number of unbranched alkanes of at least 4 members (excludes halogenated alkanes) is 1. The number of methoxy groups -OCH3 is 1. The van der Waals surface area contributed by atoms with Crippen molar-refractivity contribution in [3.05, 3.63) is 29.8 Å². The van der Waals surface area contributed by atoms with Gasteiger partial charge in [0.05, 0.1) is 7.11 Å². The minimum absolute atomic E-state index is 0.187. The molecule has 1 atom stereocenters. The molecule has 23 heavy (non-hydrogen) atoms. The highest BCUT2D eigenvalue weighted by Gasteiger charge is 2.20. The first-order chi connectivity index (χ1) is 10.9. The molecule has 1 rings (SSSR count). The predicted octanol–water partition coefficient (Wildman–Crippen LogP) is 3.02. The van der Waals surface area contributed by atoms with Gasteiger partial charge in [-0.05, 0) is 49.3 Å². The second kappa shape index (κ2) is 9.87. The van der Waals surface area contributed by atoms with E-state index < -0.39 is 12.0 Å². The molecule has 0 saturated heterocycles.